The van der Waals surface area contributed by atoms with Crippen molar-refractivity contribution >= 4 is 15.9 Å². The normalized spacial score (nSPS) is 12.9. The van der Waals surface area contributed by atoms with Crippen molar-refractivity contribution in [3.63, 3.8) is 0 Å². The Morgan fingerprint density at radius 2 is 2.00 bits per heavy atom. The van der Waals surface area contributed by atoms with E-state index in [1.165, 1.54) is 36.0 Å². The zero-order valence-electron chi connectivity index (χ0n) is 9.31. The Bertz CT molecular complexity index is 291. The molecule has 1 heteroatoms. The molecule has 0 aliphatic heterocycles. The highest BCUT2D eigenvalue weighted by atomic mass is 79.9. The maximum Gasteiger partial charge on any atom is 0.0146 e. The second-order valence-corrected chi connectivity index (χ2v) is 5.27. The second-order valence-electron chi connectivity index (χ2n) is 3.97. The molecule has 1 aromatic carbocycles. The topological polar surface area (TPSA) is 0 Å². The number of hydrogen-bond acceptors (Lipinski definition) is 0. The number of alkyl halides is 1. The molecule has 0 aromatic heterocycles. The van der Waals surface area contributed by atoms with E-state index >= 15 is 0 Å². The van der Waals surface area contributed by atoms with Gasteiger partial charge in [-0.3, -0.25) is 0 Å². The third-order valence-corrected chi connectivity index (χ3v) is 3.77. The van der Waals surface area contributed by atoms with Gasteiger partial charge in [-0.25, -0.2) is 0 Å². The van der Waals surface area contributed by atoms with Crippen molar-refractivity contribution in [1.82, 2.24) is 0 Å². The van der Waals surface area contributed by atoms with Gasteiger partial charge in [0.05, 0.1) is 0 Å². The summed E-state index contributed by atoms with van der Waals surface area (Å²) in [4.78, 5) is 0.670. The van der Waals surface area contributed by atoms with Crippen LogP contribution in [0, 0.1) is 13.8 Å². The average molecular weight is 255 g/mol. The Morgan fingerprint density at radius 3 is 2.57 bits per heavy atom. The number of aryl methyl sites for hydroxylation is 3. The molecule has 0 heterocycles. The lowest BCUT2D eigenvalue weighted by Crippen LogP contribution is -1.99. The molecule has 1 atom stereocenters. The van der Waals surface area contributed by atoms with Crippen LogP contribution in [0.15, 0.2) is 18.2 Å². The van der Waals surface area contributed by atoms with Gasteiger partial charge >= 0.3 is 0 Å². The van der Waals surface area contributed by atoms with E-state index in [9.17, 15) is 0 Å². The molecule has 0 aliphatic rings. The van der Waals surface area contributed by atoms with Crippen LogP contribution >= 0.6 is 15.9 Å². The average Bonchev–Trinajstić information content (AvgIpc) is 2.16. The zero-order chi connectivity index (χ0) is 10.6. The molecule has 0 amide bonds. The first-order chi connectivity index (χ1) is 6.63. The molecule has 0 nitrogen and oxygen atoms in total. The first-order valence-corrected chi connectivity index (χ1v) is 6.25. The van der Waals surface area contributed by atoms with Crippen molar-refractivity contribution in [2.24, 2.45) is 0 Å². The Balaban J connectivity index is 2.59. The third-order valence-electron chi connectivity index (χ3n) is 2.67. The van der Waals surface area contributed by atoms with Gasteiger partial charge < -0.3 is 0 Å². The van der Waals surface area contributed by atoms with Crippen molar-refractivity contribution in [2.45, 2.75) is 44.9 Å². The molecule has 0 saturated carbocycles. The zero-order valence-corrected chi connectivity index (χ0v) is 10.9. The maximum absolute atomic E-state index is 3.67. The highest BCUT2D eigenvalue weighted by Crippen LogP contribution is 2.17. The molecule has 1 unspecified atom stereocenters. The molecular formula is C13H19Br. The minimum absolute atomic E-state index is 0.670. The molecule has 1 aromatic rings. The van der Waals surface area contributed by atoms with Gasteiger partial charge in [0.15, 0.2) is 0 Å². The van der Waals surface area contributed by atoms with Crippen molar-refractivity contribution in [2.75, 3.05) is 0 Å². The van der Waals surface area contributed by atoms with Crippen LogP contribution in [0.2, 0.25) is 0 Å². The van der Waals surface area contributed by atoms with Crippen molar-refractivity contribution in [3.8, 4) is 0 Å². The predicted octanol–water partition coefficient (Wildman–Crippen LogP) is 4.41. The predicted molar refractivity (Wildman–Crippen MR) is 67.2 cm³/mol. The van der Waals surface area contributed by atoms with Crippen LogP contribution in [0.5, 0.6) is 0 Å². The third kappa shape index (κ3) is 3.45. The van der Waals surface area contributed by atoms with Crippen LogP contribution < -0.4 is 0 Å². The summed E-state index contributed by atoms with van der Waals surface area (Å²) in [5.74, 6) is 0. The summed E-state index contributed by atoms with van der Waals surface area (Å²) in [6.07, 6.45) is 3.64. The van der Waals surface area contributed by atoms with Gasteiger partial charge in [0.2, 0.25) is 0 Å². The largest absolute Gasteiger partial charge is 0.0891 e. The molecule has 0 bridgehead atoms. The molecule has 0 aliphatic carbocycles. The van der Waals surface area contributed by atoms with Crippen LogP contribution in [0.3, 0.4) is 0 Å². The lowest BCUT2D eigenvalue weighted by atomic mass is 10.0. The fraction of sp³-hybridized carbons (Fsp3) is 0.538. The minimum Gasteiger partial charge on any atom is -0.0891 e. The van der Waals surface area contributed by atoms with Gasteiger partial charge in [-0.15, -0.1) is 0 Å². The molecule has 0 fully saturated rings. The fourth-order valence-corrected chi connectivity index (χ4v) is 1.87. The van der Waals surface area contributed by atoms with Crippen LogP contribution in [-0.2, 0) is 6.42 Å². The fourth-order valence-electron chi connectivity index (χ4n) is 1.64. The standard InChI is InChI=1S/C13H19Br/c1-4-13(14)8-7-12-6-5-10(2)9-11(12)3/h5-6,9,13H,4,7-8H2,1-3H3. The smallest absolute Gasteiger partial charge is 0.0146 e. The van der Waals surface area contributed by atoms with Crippen LogP contribution in [0.1, 0.15) is 36.5 Å². The van der Waals surface area contributed by atoms with Crippen molar-refractivity contribution in [1.29, 1.82) is 0 Å². The molecule has 0 spiro atoms. The van der Waals surface area contributed by atoms with Gasteiger partial charge in [0.1, 0.15) is 0 Å². The highest BCUT2D eigenvalue weighted by Gasteiger charge is 2.03. The summed E-state index contributed by atoms with van der Waals surface area (Å²) in [6.45, 7) is 6.58. The Morgan fingerprint density at radius 1 is 1.29 bits per heavy atom. The second kappa shape index (κ2) is 5.55. The van der Waals surface area contributed by atoms with Gasteiger partial charge in [-0.05, 0) is 44.2 Å². The first-order valence-electron chi connectivity index (χ1n) is 5.33. The minimum atomic E-state index is 0.670. The molecule has 14 heavy (non-hydrogen) atoms. The maximum atomic E-state index is 3.67. The summed E-state index contributed by atoms with van der Waals surface area (Å²) in [6, 6.07) is 6.74. The SMILES string of the molecule is CCC(Br)CCc1ccc(C)cc1C. The first kappa shape index (κ1) is 11.8. The quantitative estimate of drug-likeness (QED) is 0.699. The van der Waals surface area contributed by atoms with Crippen molar-refractivity contribution in [3.05, 3.63) is 34.9 Å². The van der Waals surface area contributed by atoms with Crippen LogP contribution in [0.4, 0.5) is 0 Å². The lowest BCUT2D eigenvalue weighted by Gasteiger charge is -2.09. The van der Waals surface area contributed by atoms with E-state index in [-0.39, 0.29) is 0 Å². The van der Waals surface area contributed by atoms with E-state index in [0.717, 1.165) is 0 Å². The molecule has 0 radical (unpaired) electrons. The van der Waals surface area contributed by atoms with E-state index < -0.39 is 0 Å². The van der Waals surface area contributed by atoms with E-state index in [2.05, 4.69) is 54.9 Å². The number of hydrogen-bond donors (Lipinski definition) is 0. The highest BCUT2D eigenvalue weighted by molar-refractivity contribution is 9.09. The van der Waals surface area contributed by atoms with Crippen molar-refractivity contribution < 1.29 is 0 Å². The van der Waals surface area contributed by atoms with Gasteiger partial charge in [-0.2, -0.15) is 0 Å². The molecule has 1 rings (SSSR count). The van der Waals surface area contributed by atoms with Gasteiger partial charge in [-0.1, -0.05) is 46.6 Å². The Labute approximate surface area is 95.9 Å². The van der Waals surface area contributed by atoms with Gasteiger partial charge in [0, 0.05) is 4.83 Å². The summed E-state index contributed by atoms with van der Waals surface area (Å²) >= 11 is 3.67. The van der Waals surface area contributed by atoms with Crippen LogP contribution in [0.25, 0.3) is 0 Å². The Hall–Kier alpha value is -0.300. The molecule has 78 valence electrons. The monoisotopic (exact) mass is 254 g/mol. The molecule has 0 saturated heterocycles. The number of benzene rings is 1. The van der Waals surface area contributed by atoms with E-state index in [1.807, 2.05) is 0 Å². The molecular weight excluding hydrogens is 236 g/mol. The Kier molecular flexibility index (Phi) is 4.67. The number of rotatable bonds is 4. The summed E-state index contributed by atoms with van der Waals surface area (Å²) < 4.78 is 0. The summed E-state index contributed by atoms with van der Waals surface area (Å²) in [7, 11) is 0. The summed E-state index contributed by atoms with van der Waals surface area (Å²) in [5.41, 5.74) is 4.28. The summed E-state index contributed by atoms with van der Waals surface area (Å²) in [5, 5.41) is 0. The lowest BCUT2D eigenvalue weighted by molar-refractivity contribution is 0.744. The van der Waals surface area contributed by atoms with E-state index in [1.54, 1.807) is 0 Å². The van der Waals surface area contributed by atoms with Crippen LogP contribution in [-0.4, -0.2) is 4.83 Å². The van der Waals surface area contributed by atoms with E-state index in [0.29, 0.717) is 4.83 Å². The molecule has 0 N–H and O–H groups in total. The van der Waals surface area contributed by atoms with Gasteiger partial charge in [0.25, 0.3) is 0 Å². The number of halogens is 1. The van der Waals surface area contributed by atoms with E-state index in [4.69, 9.17) is 0 Å².